The number of aromatic hydroxyl groups is 1. The van der Waals surface area contributed by atoms with Crippen LogP contribution in [0.5, 0.6) is 11.5 Å². The number of phenolic OH excluding ortho intramolecular Hbond substituents is 1. The van der Waals surface area contributed by atoms with Crippen molar-refractivity contribution in [3.63, 3.8) is 0 Å². The minimum absolute atomic E-state index is 0.0242. The van der Waals surface area contributed by atoms with Gasteiger partial charge in [-0.05, 0) is 38.2 Å². The van der Waals surface area contributed by atoms with E-state index in [-0.39, 0.29) is 23.5 Å². The lowest BCUT2D eigenvalue weighted by molar-refractivity contribution is -0.121. The van der Waals surface area contributed by atoms with E-state index in [2.05, 4.69) is 25.9 Å². The molecule has 0 aliphatic heterocycles. The molecule has 2 aliphatic carbocycles. The largest absolute Gasteiger partial charge is 0.504 e. The molecule has 1 aromatic carbocycles. The zero-order valence-corrected chi connectivity index (χ0v) is 14.9. The van der Waals surface area contributed by atoms with Gasteiger partial charge in [-0.15, -0.1) is 0 Å². The molecule has 0 amide bonds. The number of ketones is 1. The molecule has 0 saturated heterocycles. The normalized spacial score (nSPS) is 28.9. The number of methoxy groups -OCH3 is 2. The van der Waals surface area contributed by atoms with Gasteiger partial charge in [0.2, 0.25) is 0 Å². The zero-order chi connectivity index (χ0) is 17.6. The van der Waals surface area contributed by atoms with Gasteiger partial charge >= 0.3 is 0 Å². The van der Waals surface area contributed by atoms with Crippen LogP contribution < -0.4 is 4.74 Å². The second-order valence-electron chi connectivity index (χ2n) is 7.16. The molecule has 2 aliphatic rings. The van der Waals surface area contributed by atoms with Gasteiger partial charge in [-0.2, -0.15) is 0 Å². The van der Waals surface area contributed by atoms with E-state index in [1.165, 1.54) is 7.11 Å². The molecule has 1 aromatic rings. The molecule has 3 atom stereocenters. The number of Topliss-reactive ketones (excluding diaryl/α,β-unsaturated/α-hetero) is 1. The number of ether oxygens (including phenoxy) is 2. The highest BCUT2D eigenvalue weighted by Crippen LogP contribution is 2.53. The third kappa shape index (κ3) is 2.30. The number of phenols is 1. The van der Waals surface area contributed by atoms with Crippen molar-refractivity contribution in [2.45, 2.75) is 31.2 Å². The number of allylic oxidation sites excluding steroid dienone is 1. The summed E-state index contributed by atoms with van der Waals surface area (Å²) >= 11 is 0. The maximum Gasteiger partial charge on any atom is 0.197 e. The first-order valence-corrected chi connectivity index (χ1v) is 8.18. The number of hydrogen-bond donors (Lipinski definition) is 1. The van der Waals surface area contributed by atoms with Crippen LogP contribution in [0.3, 0.4) is 0 Å². The summed E-state index contributed by atoms with van der Waals surface area (Å²) < 4.78 is 10.6. The number of rotatable bonds is 3. The lowest BCUT2D eigenvalue weighted by Gasteiger charge is -2.50. The molecule has 0 radical (unpaired) electrons. The molecule has 24 heavy (non-hydrogen) atoms. The minimum Gasteiger partial charge on any atom is -0.504 e. The molecule has 5 heteroatoms. The van der Waals surface area contributed by atoms with E-state index in [1.54, 1.807) is 13.2 Å². The number of fused-ring (bicyclic) bond motifs is 3. The standard InChI is InChI=1S/C19H25NO4/c1-19-10-14(21)16(24-5)9-12(19)13(20(2)3)8-11-6-7-15(23-4)18(22)17(11)19/h6-7,9,12-13,22H,8,10H2,1-5H3/t12?,13?,19-/m1/s1. The van der Waals surface area contributed by atoms with E-state index in [0.29, 0.717) is 17.9 Å². The number of carbonyl (C=O) groups excluding carboxylic acids is 1. The molecule has 0 saturated carbocycles. The molecule has 0 heterocycles. The van der Waals surface area contributed by atoms with E-state index in [9.17, 15) is 9.90 Å². The van der Waals surface area contributed by atoms with Gasteiger partial charge in [-0.25, -0.2) is 0 Å². The SMILES string of the molecule is COC1=CC2C(N(C)C)Cc3ccc(OC)c(O)c3[C@]2(C)CC1=O. The van der Waals surface area contributed by atoms with Crippen molar-refractivity contribution in [2.24, 2.45) is 5.92 Å². The van der Waals surface area contributed by atoms with Crippen LogP contribution in [0.1, 0.15) is 24.5 Å². The average Bonchev–Trinajstić information content (AvgIpc) is 2.53. The van der Waals surface area contributed by atoms with Gasteiger partial charge in [0.1, 0.15) is 0 Å². The quantitative estimate of drug-likeness (QED) is 0.921. The van der Waals surface area contributed by atoms with Crippen LogP contribution in [0.25, 0.3) is 0 Å². The zero-order valence-electron chi connectivity index (χ0n) is 14.9. The molecule has 0 bridgehead atoms. The first-order valence-electron chi connectivity index (χ1n) is 8.18. The summed E-state index contributed by atoms with van der Waals surface area (Å²) in [6, 6.07) is 4.03. The molecule has 0 fully saturated rings. The minimum atomic E-state index is -0.486. The van der Waals surface area contributed by atoms with Gasteiger partial charge in [-0.1, -0.05) is 13.0 Å². The van der Waals surface area contributed by atoms with Crippen LogP contribution >= 0.6 is 0 Å². The number of hydrogen-bond acceptors (Lipinski definition) is 5. The van der Waals surface area contributed by atoms with Crippen molar-refractivity contribution in [1.82, 2.24) is 4.90 Å². The van der Waals surface area contributed by atoms with Gasteiger partial charge in [0.25, 0.3) is 0 Å². The summed E-state index contributed by atoms with van der Waals surface area (Å²) in [5.74, 6) is 1.08. The molecule has 2 unspecified atom stereocenters. The van der Waals surface area contributed by atoms with Crippen LogP contribution in [-0.2, 0) is 21.4 Å². The van der Waals surface area contributed by atoms with Crippen molar-refractivity contribution in [2.75, 3.05) is 28.3 Å². The second-order valence-corrected chi connectivity index (χ2v) is 7.16. The molecule has 0 aromatic heterocycles. The van der Waals surface area contributed by atoms with E-state index in [1.807, 2.05) is 12.1 Å². The predicted molar refractivity (Wildman–Crippen MR) is 91.4 cm³/mol. The van der Waals surface area contributed by atoms with E-state index in [0.717, 1.165) is 17.5 Å². The maximum absolute atomic E-state index is 12.5. The van der Waals surface area contributed by atoms with Crippen molar-refractivity contribution in [3.05, 3.63) is 35.1 Å². The first kappa shape index (κ1) is 16.8. The van der Waals surface area contributed by atoms with Gasteiger partial charge < -0.3 is 19.5 Å². The van der Waals surface area contributed by atoms with E-state index in [4.69, 9.17) is 9.47 Å². The van der Waals surface area contributed by atoms with Crippen LogP contribution in [0.2, 0.25) is 0 Å². The molecule has 130 valence electrons. The van der Waals surface area contributed by atoms with Gasteiger partial charge in [0.15, 0.2) is 23.0 Å². The average molecular weight is 331 g/mol. The fourth-order valence-electron chi connectivity index (χ4n) is 4.39. The lowest BCUT2D eigenvalue weighted by atomic mass is 9.57. The number of likely N-dealkylation sites (N-methyl/N-ethyl adjacent to an activating group) is 1. The Balaban J connectivity index is 2.25. The highest BCUT2D eigenvalue weighted by molar-refractivity contribution is 5.96. The smallest absolute Gasteiger partial charge is 0.197 e. The van der Waals surface area contributed by atoms with Crippen molar-refractivity contribution in [1.29, 1.82) is 0 Å². The third-order valence-electron chi connectivity index (χ3n) is 5.61. The van der Waals surface area contributed by atoms with Crippen LogP contribution in [0.15, 0.2) is 24.0 Å². The summed E-state index contributed by atoms with van der Waals surface area (Å²) in [4.78, 5) is 14.7. The molecular formula is C19H25NO4. The molecule has 0 spiro atoms. The Labute approximate surface area is 142 Å². The fraction of sp³-hybridized carbons (Fsp3) is 0.526. The lowest BCUT2D eigenvalue weighted by Crippen LogP contribution is -2.53. The van der Waals surface area contributed by atoms with Gasteiger partial charge in [0.05, 0.1) is 14.2 Å². The molecule has 1 N–H and O–H groups in total. The van der Waals surface area contributed by atoms with Crippen LogP contribution in [0, 0.1) is 5.92 Å². The Morgan fingerprint density at radius 3 is 2.54 bits per heavy atom. The molecular weight excluding hydrogens is 306 g/mol. The Bertz CT molecular complexity index is 710. The van der Waals surface area contributed by atoms with Crippen molar-refractivity contribution >= 4 is 5.78 Å². The van der Waals surface area contributed by atoms with Crippen LogP contribution in [-0.4, -0.2) is 50.1 Å². The Morgan fingerprint density at radius 1 is 1.25 bits per heavy atom. The van der Waals surface area contributed by atoms with Crippen molar-refractivity contribution in [3.8, 4) is 11.5 Å². The fourth-order valence-corrected chi connectivity index (χ4v) is 4.39. The first-order chi connectivity index (χ1) is 11.3. The Kier molecular flexibility index (Phi) is 4.08. The highest BCUT2D eigenvalue weighted by atomic mass is 16.5. The Hall–Kier alpha value is -2.01. The summed E-state index contributed by atoms with van der Waals surface area (Å²) in [5, 5.41) is 10.8. The maximum atomic E-state index is 12.5. The van der Waals surface area contributed by atoms with E-state index >= 15 is 0 Å². The number of carbonyl (C=O) groups is 1. The third-order valence-corrected chi connectivity index (χ3v) is 5.61. The topological polar surface area (TPSA) is 59.0 Å². The highest BCUT2D eigenvalue weighted by Gasteiger charge is 2.51. The van der Waals surface area contributed by atoms with Gasteiger partial charge in [-0.3, -0.25) is 4.79 Å². The van der Waals surface area contributed by atoms with E-state index < -0.39 is 5.41 Å². The summed E-state index contributed by atoms with van der Waals surface area (Å²) in [6.07, 6.45) is 3.07. The summed E-state index contributed by atoms with van der Waals surface area (Å²) in [5.41, 5.74) is 1.43. The Morgan fingerprint density at radius 2 is 1.96 bits per heavy atom. The monoisotopic (exact) mass is 331 g/mol. The van der Waals surface area contributed by atoms with Crippen LogP contribution in [0.4, 0.5) is 0 Å². The molecule has 3 rings (SSSR count). The predicted octanol–water partition coefficient (Wildman–Crippen LogP) is 2.26. The molecule has 5 nitrogen and oxygen atoms in total. The summed E-state index contributed by atoms with van der Waals surface area (Å²) in [7, 11) is 7.18. The van der Waals surface area contributed by atoms with Crippen molar-refractivity contribution < 1.29 is 19.4 Å². The summed E-state index contributed by atoms with van der Waals surface area (Å²) in [6.45, 7) is 2.06. The second kappa shape index (κ2) is 5.81. The number of benzene rings is 1. The van der Waals surface area contributed by atoms with Gasteiger partial charge in [0, 0.05) is 29.4 Å². The number of nitrogens with zero attached hydrogens (tertiary/aromatic N) is 1.